The smallest absolute Gasteiger partial charge is 0.151 e. The highest BCUT2D eigenvalue weighted by molar-refractivity contribution is 5.88. The van der Waals surface area contributed by atoms with Gasteiger partial charge in [0.1, 0.15) is 5.65 Å². The number of morpholine rings is 1. The summed E-state index contributed by atoms with van der Waals surface area (Å²) in [7, 11) is 0. The molecule has 0 aromatic carbocycles. The minimum Gasteiger partial charge on any atom is -0.505 e. The van der Waals surface area contributed by atoms with Crippen molar-refractivity contribution in [2.45, 2.75) is 0 Å². The fraction of sp³-hybridized carbons (Fsp3) is 0.364. The van der Waals surface area contributed by atoms with Gasteiger partial charge >= 0.3 is 0 Å². The van der Waals surface area contributed by atoms with E-state index in [1.807, 2.05) is 6.07 Å². The van der Waals surface area contributed by atoms with Gasteiger partial charge in [0.05, 0.1) is 30.5 Å². The molecule has 5 heteroatoms. The van der Waals surface area contributed by atoms with E-state index in [0.29, 0.717) is 19.0 Å². The largest absolute Gasteiger partial charge is 0.505 e. The Morgan fingerprint density at radius 3 is 3.00 bits per heavy atom. The Morgan fingerprint density at radius 2 is 2.19 bits per heavy atom. The number of nitrogens with zero attached hydrogens (tertiary/aromatic N) is 2. The molecule has 0 spiro atoms. The molecule has 1 aliphatic rings. The maximum absolute atomic E-state index is 10.1. The van der Waals surface area contributed by atoms with Crippen LogP contribution in [0.2, 0.25) is 0 Å². The summed E-state index contributed by atoms with van der Waals surface area (Å²) < 4.78 is 5.28. The van der Waals surface area contributed by atoms with Crippen molar-refractivity contribution in [1.29, 1.82) is 0 Å². The standard InChI is InChI=1S/C11H13N3O2/c15-10-8-1-2-12-11(8)13-7-9(10)14-3-5-16-6-4-14/h1-2,7H,3-6H2,(H2,12,13,15). The molecule has 2 N–H and O–H groups in total. The Bertz CT molecular complexity index is 503. The third-order valence-electron chi connectivity index (χ3n) is 2.89. The molecule has 0 saturated carbocycles. The number of pyridine rings is 1. The summed E-state index contributed by atoms with van der Waals surface area (Å²) in [6.45, 7) is 2.99. The van der Waals surface area contributed by atoms with Crippen LogP contribution < -0.4 is 4.90 Å². The molecule has 0 bridgehead atoms. The van der Waals surface area contributed by atoms with Gasteiger partial charge in [-0.25, -0.2) is 4.98 Å². The molecule has 0 atom stereocenters. The lowest BCUT2D eigenvalue weighted by Crippen LogP contribution is -2.36. The first-order chi connectivity index (χ1) is 7.86. The number of aromatic amines is 1. The van der Waals surface area contributed by atoms with Crippen molar-refractivity contribution in [3.63, 3.8) is 0 Å². The number of aromatic nitrogens is 2. The maximum atomic E-state index is 10.1. The van der Waals surface area contributed by atoms with Gasteiger partial charge in [-0.1, -0.05) is 0 Å². The molecule has 3 rings (SSSR count). The molecule has 0 amide bonds. The summed E-state index contributed by atoms with van der Waals surface area (Å²) in [5.41, 5.74) is 1.50. The van der Waals surface area contributed by atoms with Crippen LogP contribution in [0, 0.1) is 0 Å². The highest BCUT2D eigenvalue weighted by Crippen LogP contribution is 2.33. The van der Waals surface area contributed by atoms with E-state index in [1.54, 1.807) is 12.4 Å². The van der Waals surface area contributed by atoms with Gasteiger partial charge < -0.3 is 19.7 Å². The number of rotatable bonds is 1. The van der Waals surface area contributed by atoms with Gasteiger partial charge in [0.2, 0.25) is 0 Å². The molecule has 1 saturated heterocycles. The van der Waals surface area contributed by atoms with E-state index >= 15 is 0 Å². The molecule has 3 heterocycles. The number of aromatic hydroxyl groups is 1. The predicted molar refractivity (Wildman–Crippen MR) is 60.8 cm³/mol. The van der Waals surface area contributed by atoms with Crippen LogP contribution in [-0.4, -0.2) is 41.4 Å². The summed E-state index contributed by atoms with van der Waals surface area (Å²) in [5, 5.41) is 10.9. The number of ether oxygens (including phenoxy) is 1. The van der Waals surface area contributed by atoms with Crippen LogP contribution in [0.25, 0.3) is 11.0 Å². The summed E-state index contributed by atoms with van der Waals surface area (Å²) >= 11 is 0. The predicted octanol–water partition coefficient (Wildman–Crippen LogP) is 1.11. The third kappa shape index (κ3) is 1.40. The van der Waals surface area contributed by atoms with Crippen molar-refractivity contribution in [1.82, 2.24) is 9.97 Å². The molecular weight excluding hydrogens is 206 g/mol. The van der Waals surface area contributed by atoms with E-state index in [9.17, 15) is 5.11 Å². The first-order valence-corrected chi connectivity index (χ1v) is 5.34. The average Bonchev–Trinajstić information content (AvgIpc) is 2.80. The zero-order valence-corrected chi connectivity index (χ0v) is 8.81. The second-order valence-corrected chi connectivity index (χ2v) is 3.83. The fourth-order valence-electron chi connectivity index (χ4n) is 2.02. The van der Waals surface area contributed by atoms with Gasteiger partial charge in [-0.2, -0.15) is 0 Å². The lowest BCUT2D eigenvalue weighted by molar-refractivity contribution is 0.122. The lowest BCUT2D eigenvalue weighted by Gasteiger charge is -2.29. The van der Waals surface area contributed by atoms with Crippen molar-refractivity contribution in [2.75, 3.05) is 31.2 Å². The van der Waals surface area contributed by atoms with Crippen molar-refractivity contribution in [3.05, 3.63) is 18.5 Å². The van der Waals surface area contributed by atoms with Gasteiger partial charge in [0.15, 0.2) is 5.75 Å². The number of nitrogens with one attached hydrogen (secondary N) is 1. The highest BCUT2D eigenvalue weighted by atomic mass is 16.5. The van der Waals surface area contributed by atoms with Gasteiger partial charge in [-0.05, 0) is 6.07 Å². The fourth-order valence-corrected chi connectivity index (χ4v) is 2.02. The molecule has 0 radical (unpaired) electrons. The van der Waals surface area contributed by atoms with Crippen LogP contribution in [0.4, 0.5) is 5.69 Å². The molecule has 16 heavy (non-hydrogen) atoms. The number of hydrogen-bond acceptors (Lipinski definition) is 4. The Kier molecular flexibility index (Phi) is 2.18. The molecule has 0 unspecified atom stereocenters. The average molecular weight is 219 g/mol. The van der Waals surface area contributed by atoms with Crippen LogP contribution in [-0.2, 0) is 4.74 Å². The van der Waals surface area contributed by atoms with Crippen LogP contribution in [0.5, 0.6) is 5.75 Å². The van der Waals surface area contributed by atoms with E-state index in [1.165, 1.54) is 0 Å². The summed E-state index contributed by atoms with van der Waals surface area (Å²) in [5.74, 6) is 0.299. The lowest BCUT2D eigenvalue weighted by atomic mass is 10.2. The van der Waals surface area contributed by atoms with Crippen LogP contribution in [0.3, 0.4) is 0 Å². The number of hydrogen-bond donors (Lipinski definition) is 2. The third-order valence-corrected chi connectivity index (χ3v) is 2.89. The van der Waals surface area contributed by atoms with E-state index in [0.717, 1.165) is 29.8 Å². The van der Waals surface area contributed by atoms with E-state index in [2.05, 4.69) is 14.9 Å². The Labute approximate surface area is 92.7 Å². The van der Waals surface area contributed by atoms with Crippen LogP contribution in [0.15, 0.2) is 18.5 Å². The van der Waals surface area contributed by atoms with E-state index < -0.39 is 0 Å². The minimum absolute atomic E-state index is 0.299. The molecular formula is C11H13N3O2. The summed E-state index contributed by atoms with van der Waals surface area (Å²) in [4.78, 5) is 9.35. The number of fused-ring (bicyclic) bond motifs is 1. The van der Waals surface area contributed by atoms with E-state index in [4.69, 9.17) is 4.74 Å². The highest BCUT2D eigenvalue weighted by Gasteiger charge is 2.17. The monoisotopic (exact) mass is 219 g/mol. The second kappa shape index (κ2) is 3.68. The number of H-pyrrole nitrogens is 1. The van der Waals surface area contributed by atoms with Crippen molar-refractivity contribution >= 4 is 16.7 Å². The topological polar surface area (TPSA) is 61.4 Å². The Morgan fingerprint density at radius 1 is 1.38 bits per heavy atom. The van der Waals surface area contributed by atoms with Gasteiger partial charge in [-0.15, -0.1) is 0 Å². The SMILES string of the molecule is Oc1c(N2CCOCC2)cnc2[nH]ccc12. The van der Waals surface area contributed by atoms with Crippen LogP contribution >= 0.6 is 0 Å². The van der Waals surface area contributed by atoms with Crippen molar-refractivity contribution < 1.29 is 9.84 Å². The first-order valence-electron chi connectivity index (χ1n) is 5.34. The second-order valence-electron chi connectivity index (χ2n) is 3.83. The first kappa shape index (κ1) is 9.47. The molecule has 5 nitrogen and oxygen atoms in total. The van der Waals surface area contributed by atoms with E-state index in [-0.39, 0.29) is 0 Å². The quantitative estimate of drug-likeness (QED) is 0.754. The zero-order chi connectivity index (χ0) is 11.0. The maximum Gasteiger partial charge on any atom is 0.151 e. The minimum atomic E-state index is 0.299. The van der Waals surface area contributed by atoms with Crippen molar-refractivity contribution in [3.8, 4) is 5.75 Å². The van der Waals surface area contributed by atoms with Crippen molar-refractivity contribution in [2.24, 2.45) is 0 Å². The normalized spacial score (nSPS) is 16.9. The molecule has 2 aromatic rings. The summed E-state index contributed by atoms with van der Waals surface area (Å²) in [6, 6.07) is 1.83. The van der Waals surface area contributed by atoms with Gasteiger partial charge in [0.25, 0.3) is 0 Å². The molecule has 0 aliphatic carbocycles. The Balaban J connectivity index is 2.05. The van der Waals surface area contributed by atoms with Gasteiger partial charge in [-0.3, -0.25) is 0 Å². The molecule has 2 aromatic heterocycles. The zero-order valence-electron chi connectivity index (χ0n) is 8.81. The van der Waals surface area contributed by atoms with Gasteiger partial charge in [0, 0.05) is 19.3 Å². The Hall–Kier alpha value is -1.75. The van der Waals surface area contributed by atoms with Crippen LogP contribution in [0.1, 0.15) is 0 Å². The number of anilines is 1. The summed E-state index contributed by atoms with van der Waals surface area (Å²) in [6.07, 6.45) is 3.49. The molecule has 84 valence electrons. The molecule has 1 fully saturated rings. The molecule has 1 aliphatic heterocycles.